The van der Waals surface area contributed by atoms with Crippen molar-refractivity contribution in [2.45, 2.75) is 13.5 Å². The number of halogens is 1. The highest BCUT2D eigenvalue weighted by atomic mass is 79.9. The highest BCUT2D eigenvalue weighted by molar-refractivity contribution is 9.10. The molecule has 2 aromatic heterocycles. The van der Waals surface area contributed by atoms with Crippen LogP contribution in [0.5, 0.6) is 10.9 Å². The Bertz CT molecular complexity index is 426. The molecule has 0 bridgehead atoms. The molecule has 0 spiro atoms. The first-order valence-corrected chi connectivity index (χ1v) is 5.76. The number of ether oxygens (including phenoxy) is 1. The van der Waals surface area contributed by atoms with E-state index in [4.69, 9.17) is 4.74 Å². The number of thiazole rings is 1. The van der Waals surface area contributed by atoms with Gasteiger partial charge in [-0.3, -0.25) is 4.68 Å². The molecule has 0 saturated heterocycles. The molecule has 74 valence electrons. The van der Waals surface area contributed by atoms with Gasteiger partial charge in [0.1, 0.15) is 4.60 Å². The van der Waals surface area contributed by atoms with E-state index in [0.717, 1.165) is 11.1 Å². The molecule has 0 aliphatic rings. The summed E-state index contributed by atoms with van der Waals surface area (Å²) >= 11 is 4.71. The Morgan fingerprint density at radius 2 is 2.50 bits per heavy atom. The summed E-state index contributed by atoms with van der Waals surface area (Å²) in [6.07, 6.45) is 3.52. The van der Waals surface area contributed by atoms with Gasteiger partial charge in [0, 0.05) is 11.9 Å². The molecule has 2 rings (SSSR count). The lowest BCUT2D eigenvalue weighted by atomic mass is 10.6. The molecule has 0 aliphatic carbocycles. The lowest BCUT2D eigenvalue weighted by Gasteiger charge is -1.95. The minimum atomic E-state index is 0.618. The second kappa shape index (κ2) is 4.10. The lowest BCUT2D eigenvalue weighted by molar-refractivity contribution is 0.476. The van der Waals surface area contributed by atoms with Gasteiger partial charge in [-0.05, 0) is 22.9 Å². The molecule has 2 aromatic rings. The number of rotatable bonds is 3. The second-order valence-electron chi connectivity index (χ2n) is 2.57. The third-order valence-electron chi connectivity index (χ3n) is 1.59. The summed E-state index contributed by atoms with van der Waals surface area (Å²) in [4.78, 5) is 4.12. The van der Waals surface area contributed by atoms with Crippen molar-refractivity contribution in [3.05, 3.63) is 22.4 Å². The molecule has 4 nitrogen and oxygen atoms in total. The van der Waals surface area contributed by atoms with Crippen LogP contribution in [0.1, 0.15) is 6.92 Å². The summed E-state index contributed by atoms with van der Waals surface area (Å²) in [5, 5.41) is 6.59. The van der Waals surface area contributed by atoms with E-state index >= 15 is 0 Å². The Morgan fingerprint density at radius 1 is 1.64 bits per heavy atom. The summed E-state index contributed by atoms with van der Waals surface area (Å²) in [5.41, 5.74) is 0. The molecule has 0 unspecified atom stereocenters. The van der Waals surface area contributed by atoms with Gasteiger partial charge in [0.2, 0.25) is 0 Å². The van der Waals surface area contributed by atoms with Crippen molar-refractivity contribution in [3.63, 3.8) is 0 Å². The highest BCUT2D eigenvalue weighted by Crippen LogP contribution is 2.26. The molecule has 0 saturated carbocycles. The van der Waals surface area contributed by atoms with E-state index in [2.05, 4.69) is 26.0 Å². The van der Waals surface area contributed by atoms with Crippen molar-refractivity contribution in [3.8, 4) is 10.9 Å². The van der Waals surface area contributed by atoms with Crippen LogP contribution in [0.2, 0.25) is 0 Å². The van der Waals surface area contributed by atoms with Crippen molar-refractivity contribution in [2.24, 2.45) is 0 Å². The summed E-state index contributed by atoms with van der Waals surface area (Å²) < 4.78 is 8.07. The Balaban J connectivity index is 2.10. The molecule has 0 N–H and O–H groups in total. The average molecular weight is 274 g/mol. The predicted octanol–water partition coefficient (Wildman–Crippen LogP) is 2.91. The van der Waals surface area contributed by atoms with Crippen LogP contribution in [0.25, 0.3) is 0 Å². The van der Waals surface area contributed by atoms with E-state index in [-0.39, 0.29) is 0 Å². The Labute approximate surface area is 93.7 Å². The monoisotopic (exact) mass is 273 g/mol. The first-order valence-electron chi connectivity index (χ1n) is 4.09. The Kier molecular flexibility index (Phi) is 2.83. The zero-order valence-corrected chi connectivity index (χ0v) is 9.88. The van der Waals surface area contributed by atoms with E-state index < -0.39 is 0 Å². The maximum atomic E-state index is 5.48. The van der Waals surface area contributed by atoms with E-state index in [1.165, 1.54) is 11.3 Å². The molecule has 0 radical (unpaired) electrons. The fraction of sp³-hybridized carbons (Fsp3) is 0.250. The van der Waals surface area contributed by atoms with Gasteiger partial charge in [-0.25, -0.2) is 0 Å². The topological polar surface area (TPSA) is 39.9 Å². The van der Waals surface area contributed by atoms with Crippen LogP contribution in [-0.4, -0.2) is 14.8 Å². The molecule has 6 heteroatoms. The molecule has 0 atom stereocenters. The molecule has 0 fully saturated rings. The number of aryl methyl sites for hydroxylation is 1. The molecule has 14 heavy (non-hydrogen) atoms. The van der Waals surface area contributed by atoms with Gasteiger partial charge in [-0.1, -0.05) is 11.3 Å². The fourth-order valence-electron chi connectivity index (χ4n) is 0.957. The smallest absolute Gasteiger partial charge is 0.279 e. The van der Waals surface area contributed by atoms with Crippen LogP contribution in [0, 0.1) is 0 Å². The number of aromatic nitrogens is 3. The Morgan fingerprint density at radius 3 is 3.07 bits per heavy atom. The summed E-state index contributed by atoms with van der Waals surface area (Å²) in [6, 6.07) is 0. The normalized spacial score (nSPS) is 10.4. The van der Waals surface area contributed by atoms with Crippen molar-refractivity contribution < 1.29 is 4.74 Å². The third-order valence-corrected chi connectivity index (χ3v) is 3.02. The third kappa shape index (κ3) is 2.13. The predicted molar refractivity (Wildman–Crippen MR) is 57.8 cm³/mol. The van der Waals surface area contributed by atoms with Gasteiger partial charge in [-0.15, -0.1) is 0 Å². The molecule has 0 amide bonds. The van der Waals surface area contributed by atoms with Crippen LogP contribution in [-0.2, 0) is 6.54 Å². The lowest BCUT2D eigenvalue weighted by Crippen LogP contribution is -1.92. The quantitative estimate of drug-likeness (QED) is 0.864. The summed E-state index contributed by atoms with van der Waals surface area (Å²) in [7, 11) is 0. The van der Waals surface area contributed by atoms with Gasteiger partial charge >= 0.3 is 0 Å². The number of nitrogens with zero attached hydrogens (tertiary/aromatic N) is 3. The molecular formula is C8H8BrN3OS. The van der Waals surface area contributed by atoms with Gasteiger partial charge < -0.3 is 4.74 Å². The Hall–Kier alpha value is -0.880. The zero-order chi connectivity index (χ0) is 9.97. The van der Waals surface area contributed by atoms with E-state index in [1.54, 1.807) is 10.9 Å². The standard InChI is InChI=1S/C8H8BrN3OS/c1-2-12-4-6(3-10-12)13-8-11-7(9)5-14-8/h3-5H,2H2,1H3. The molecular weight excluding hydrogens is 266 g/mol. The van der Waals surface area contributed by atoms with E-state index in [9.17, 15) is 0 Å². The second-order valence-corrected chi connectivity index (χ2v) is 4.20. The van der Waals surface area contributed by atoms with Crippen molar-refractivity contribution in [1.82, 2.24) is 14.8 Å². The summed E-state index contributed by atoms with van der Waals surface area (Å²) in [6.45, 7) is 2.86. The largest absolute Gasteiger partial charge is 0.428 e. The van der Waals surface area contributed by atoms with E-state index in [1.807, 2.05) is 18.5 Å². The first-order chi connectivity index (χ1) is 6.78. The van der Waals surface area contributed by atoms with Crippen LogP contribution in [0.15, 0.2) is 22.4 Å². The van der Waals surface area contributed by atoms with Crippen molar-refractivity contribution >= 4 is 27.3 Å². The molecule has 0 aromatic carbocycles. The number of hydrogen-bond donors (Lipinski definition) is 0. The first kappa shape index (κ1) is 9.67. The van der Waals surface area contributed by atoms with E-state index in [0.29, 0.717) is 10.9 Å². The van der Waals surface area contributed by atoms with Crippen LogP contribution >= 0.6 is 27.3 Å². The van der Waals surface area contributed by atoms with Crippen LogP contribution in [0.3, 0.4) is 0 Å². The SMILES string of the molecule is CCn1cc(Oc2nc(Br)cs2)cn1. The van der Waals surface area contributed by atoms with Gasteiger partial charge in [0.25, 0.3) is 5.19 Å². The molecule has 2 heterocycles. The van der Waals surface area contributed by atoms with Gasteiger partial charge in [0.15, 0.2) is 5.75 Å². The van der Waals surface area contributed by atoms with Crippen LogP contribution in [0.4, 0.5) is 0 Å². The number of hydrogen-bond acceptors (Lipinski definition) is 4. The molecule has 0 aliphatic heterocycles. The average Bonchev–Trinajstić information content (AvgIpc) is 2.76. The van der Waals surface area contributed by atoms with Gasteiger partial charge in [0.05, 0.1) is 12.4 Å². The summed E-state index contributed by atoms with van der Waals surface area (Å²) in [5.74, 6) is 0.716. The van der Waals surface area contributed by atoms with Crippen molar-refractivity contribution in [2.75, 3.05) is 0 Å². The van der Waals surface area contributed by atoms with Crippen LogP contribution < -0.4 is 4.74 Å². The van der Waals surface area contributed by atoms with Crippen molar-refractivity contribution in [1.29, 1.82) is 0 Å². The fourth-order valence-corrected chi connectivity index (χ4v) is 2.06. The maximum Gasteiger partial charge on any atom is 0.279 e. The minimum Gasteiger partial charge on any atom is -0.428 e. The zero-order valence-electron chi connectivity index (χ0n) is 7.48. The van der Waals surface area contributed by atoms with Gasteiger partial charge in [-0.2, -0.15) is 10.1 Å². The highest BCUT2D eigenvalue weighted by Gasteiger charge is 2.03. The minimum absolute atomic E-state index is 0.618. The maximum absolute atomic E-state index is 5.48.